The molecule has 0 bridgehead atoms. The second-order valence-corrected chi connectivity index (χ2v) is 5.10. The van der Waals surface area contributed by atoms with Crippen LogP contribution < -0.4 is 4.74 Å². The molecule has 0 radical (unpaired) electrons. The van der Waals surface area contributed by atoms with Crippen molar-refractivity contribution in [2.75, 3.05) is 13.7 Å². The lowest BCUT2D eigenvalue weighted by molar-refractivity contribution is 0.411. The van der Waals surface area contributed by atoms with Gasteiger partial charge in [-0.1, -0.05) is 44.5 Å². The quantitative estimate of drug-likeness (QED) is 0.516. The van der Waals surface area contributed by atoms with Gasteiger partial charge in [0.2, 0.25) is 0 Å². The summed E-state index contributed by atoms with van der Waals surface area (Å²) in [6.45, 7) is 9.27. The van der Waals surface area contributed by atoms with Crippen LogP contribution in [-0.4, -0.2) is 19.9 Å². The highest BCUT2D eigenvalue weighted by atomic mass is 16.5. The molecule has 0 saturated heterocycles. The number of benzene rings is 1. The maximum Gasteiger partial charge on any atom is 0.0607 e. The van der Waals surface area contributed by atoms with Crippen molar-refractivity contribution in [2.45, 2.75) is 40.0 Å². The number of ether oxygens (including phenoxy) is 1. The zero-order valence-electron chi connectivity index (χ0n) is 13.3. The van der Waals surface area contributed by atoms with Gasteiger partial charge in [-0.25, -0.2) is 0 Å². The third-order valence-corrected chi connectivity index (χ3v) is 3.44. The van der Waals surface area contributed by atoms with Crippen molar-refractivity contribution in [3.8, 4) is 5.75 Å². The SMILES string of the molecule is C/C=C\C=NCC(CC)c1ccc(OC)c([C-](C)C)c1. The number of hydrogen-bond donors (Lipinski definition) is 0. The average molecular weight is 272 g/mol. The van der Waals surface area contributed by atoms with E-state index in [1.165, 1.54) is 17.0 Å². The summed E-state index contributed by atoms with van der Waals surface area (Å²) in [6.07, 6.45) is 6.92. The maximum atomic E-state index is 5.43. The minimum Gasteiger partial charge on any atom is -0.554 e. The van der Waals surface area contributed by atoms with Crippen LogP contribution in [0.15, 0.2) is 35.3 Å². The molecule has 0 saturated carbocycles. The van der Waals surface area contributed by atoms with Gasteiger partial charge in [0.25, 0.3) is 0 Å². The van der Waals surface area contributed by atoms with Crippen LogP contribution in [-0.2, 0) is 0 Å². The summed E-state index contributed by atoms with van der Waals surface area (Å²) >= 11 is 0. The predicted octanol–water partition coefficient (Wildman–Crippen LogP) is 4.80. The van der Waals surface area contributed by atoms with Gasteiger partial charge in [-0.15, -0.1) is 5.56 Å². The molecular weight excluding hydrogens is 246 g/mol. The lowest BCUT2D eigenvalue weighted by atomic mass is 9.91. The molecule has 1 aromatic rings. The zero-order chi connectivity index (χ0) is 15.0. The van der Waals surface area contributed by atoms with E-state index in [9.17, 15) is 0 Å². The van der Waals surface area contributed by atoms with Crippen LogP contribution in [0.3, 0.4) is 0 Å². The molecule has 0 heterocycles. The molecule has 0 aliphatic heterocycles. The highest BCUT2D eigenvalue weighted by molar-refractivity contribution is 5.70. The van der Waals surface area contributed by atoms with E-state index in [0.717, 1.165) is 18.7 Å². The normalized spacial score (nSPS) is 13.1. The number of rotatable bonds is 7. The third-order valence-electron chi connectivity index (χ3n) is 3.44. The summed E-state index contributed by atoms with van der Waals surface area (Å²) in [7, 11) is 1.72. The van der Waals surface area contributed by atoms with Gasteiger partial charge in [-0.2, -0.15) is 12.0 Å². The molecule has 0 aliphatic rings. The number of nitrogens with zero attached hydrogens (tertiary/aromatic N) is 1. The largest absolute Gasteiger partial charge is 0.554 e. The van der Waals surface area contributed by atoms with E-state index in [-0.39, 0.29) is 0 Å². The molecule has 1 atom stereocenters. The van der Waals surface area contributed by atoms with Crippen LogP contribution in [0, 0.1) is 5.92 Å². The van der Waals surface area contributed by atoms with Gasteiger partial charge in [0.1, 0.15) is 0 Å². The van der Waals surface area contributed by atoms with E-state index in [2.05, 4.69) is 44.0 Å². The summed E-state index contributed by atoms with van der Waals surface area (Å²) in [5, 5.41) is 0. The standard InChI is InChI=1S/C18H26NO/c1-6-8-11-19-13-15(7-2)16-9-10-18(20-5)17(12-16)14(3)4/h6,8-12,15H,7,13H2,1-5H3/q-1/b8-6-,19-11?. The second kappa shape index (κ2) is 8.47. The first kappa shape index (κ1) is 16.4. The van der Waals surface area contributed by atoms with Crippen LogP contribution in [0.4, 0.5) is 0 Å². The molecule has 0 N–H and O–H groups in total. The van der Waals surface area contributed by atoms with Crippen LogP contribution in [0.1, 0.15) is 51.2 Å². The maximum absolute atomic E-state index is 5.43. The first-order valence-electron chi connectivity index (χ1n) is 7.23. The van der Waals surface area contributed by atoms with Gasteiger partial charge in [0.05, 0.1) is 7.11 Å². The van der Waals surface area contributed by atoms with E-state index in [1.807, 2.05) is 25.3 Å². The molecule has 0 amide bonds. The van der Waals surface area contributed by atoms with E-state index in [0.29, 0.717) is 5.92 Å². The molecular formula is C18H26NO-. The molecule has 0 fully saturated rings. The smallest absolute Gasteiger partial charge is 0.0607 e. The average Bonchev–Trinajstić information content (AvgIpc) is 2.46. The van der Waals surface area contributed by atoms with Crippen molar-refractivity contribution in [3.63, 3.8) is 0 Å². The topological polar surface area (TPSA) is 21.6 Å². The Morgan fingerprint density at radius 1 is 1.35 bits per heavy atom. The Balaban J connectivity index is 2.95. The van der Waals surface area contributed by atoms with Crippen LogP contribution in [0.2, 0.25) is 0 Å². The highest BCUT2D eigenvalue weighted by Gasteiger charge is 2.08. The van der Waals surface area contributed by atoms with Gasteiger partial charge < -0.3 is 4.74 Å². The Morgan fingerprint density at radius 2 is 2.10 bits per heavy atom. The summed E-state index contributed by atoms with van der Waals surface area (Å²) in [4.78, 5) is 4.48. The Morgan fingerprint density at radius 3 is 2.65 bits per heavy atom. The van der Waals surface area contributed by atoms with Crippen LogP contribution in [0.5, 0.6) is 5.75 Å². The summed E-state index contributed by atoms with van der Waals surface area (Å²) in [5.74, 6) is 2.68. The van der Waals surface area contributed by atoms with Gasteiger partial charge in [0, 0.05) is 18.5 Å². The van der Waals surface area contributed by atoms with E-state index in [1.54, 1.807) is 7.11 Å². The van der Waals surface area contributed by atoms with Crippen molar-refractivity contribution < 1.29 is 4.74 Å². The third kappa shape index (κ3) is 4.44. The summed E-state index contributed by atoms with van der Waals surface area (Å²) in [5.41, 5.74) is 2.53. The minimum absolute atomic E-state index is 0.459. The highest BCUT2D eigenvalue weighted by Crippen LogP contribution is 2.30. The lowest BCUT2D eigenvalue weighted by Gasteiger charge is -2.25. The monoisotopic (exact) mass is 272 g/mol. The van der Waals surface area contributed by atoms with Crippen molar-refractivity contribution in [2.24, 2.45) is 4.99 Å². The number of hydrogen-bond acceptors (Lipinski definition) is 2. The van der Waals surface area contributed by atoms with Gasteiger partial charge in [0.15, 0.2) is 0 Å². The molecule has 20 heavy (non-hydrogen) atoms. The first-order valence-corrected chi connectivity index (χ1v) is 7.23. The van der Waals surface area contributed by atoms with Crippen molar-refractivity contribution in [3.05, 3.63) is 47.4 Å². The predicted molar refractivity (Wildman–Crippen MR) is 87.9 cm³/mol. The number of methoxy groups -OCH3 is 1. The molecule has 2 heteroatoms. The summed E-state index contributed by atoms with van der Waals surface area (Å²) in [6, 6.07) is 6.47. The van der Waals surface area contributed by atoms with Crippen molar-refractivity contribution in [1.82, 2.24) is 0 Å². The molecule has 1 aromatic carbocycles. The van der Waals surface area contributed by atoms with E-state index in [4.69, 9.17) is 4.74 Å². The molecule has 2 nitrogen and oxygen atoms in total. The molecule has 1 unspecified atom stereocenters. The lowest BCUT2D eigenvalue weighted by Crippen LogP contribution is -2.04. The van der Waals surface area contributed by atoms with Crippen LogP contribution in [0.25, 0.3) is 0 Å². The Labute approximate surface area is 123 Å². The van der Waals surface area contributed by atoms with Crippen molar-refractivity contribution >= 4 is 6.21 Å². The van der Waals surface area contributed by atoms with Crippen molar-refractivity contribution in [1.29, 1.82) is 0 Å². The Bertz CT molecular complexity index is 460. The minimum atomic E-state index is 0.459. The molecule has 110 valence electrons. The number of allylic oxidation sites excluding steroid dienone is 2. The summed E-state index contributed by atoms with van der Waals surface area (Å²) < 4.78 is 5.43. The molecule has 0 aliphatic carbocycles. The zero-order valence-corrected chi connectivity index (χ0v) is 13.3. The fraction of sp³-hybridized carbons (Fsp3) is 0.444. The Hall–Kier alpha value is -1.70. The molecule has 1 rings (SSSR count). The van der Waals surface area contributed by atoms with Gasteiger partial charge in [-0.05, 0) is 25.3 Å². The van der Waals surface area contributed by atoms with Gasteiger partial charge >= 0.3 is 0 Å². The fourth-order valence-corrected chi connectivity index (χ4v) is 2.18. The van der Waals surface area contributed by atoms with Crippen LogP contribution >= 0.6 is 0 Å². The second-order valence-electron chi connectivity index (χ2n) is 5.10. The fourth-order valence-electron chi connectivity index (χ4n) is 2.18. The Kier molecular flexibility index (Phi) is 6.92. The van der Waals surface area contributed by atoms with E-state index >= 15 is 0 Å². The molecule has 0 aromatic heterocycles. The van der Waals surface area contributed by atoms with Gasteiger partial charge in [-0.3, -0.25) is 4.99 Å². The van der Waals surface area contributed by atoms with E-state index < -0.39 is 0 Å². The molecule has 0 spiro atoms. The first-order chi connectivity index (χ1) is 9.63. The number of aliphatic imine (C=N–C) groups is 1.